The lowest BCUT2D eigenvalue weighted by Gasteiger charge is -2.01. The molecule has 0 spiro atoms. The van der Waals surface area contributed by atoms with Crippen molar-refractivity contribution in [3.05, 3.63) is 40.4 Å². The van der Waals surface area contributed by atoms with E-state index in [4.69, 9.17) is 16.7 Å². The first kappa shape index (κ1) is 11.8. The van der Waals surface area contributed by atoms with Gasteiger partial charge in [0.2, 0.25) is 0 Å². The molecule has 0 heterocycles. The topological polar surface area (TPSA) is 46.5 Å². The molecule has 0 saturated carbocycles. The minimum Gasteiger partial charge on any atom is -0.466 e. The van der Waals surface area contributed by atoms with Crippen molar-refractivity contribution in [3.8, 4) is 0 Å². The number of hydrogen-bond donors (Lipinski definition) is 1. The Kier molecular flexibility index (Phi) is 4.34. The lowest BCUT2D eigenvalue weighted by molar-refractivity contribution is -0.134. The van der Waals surface area contributed by atoms with Crippen LogP contribution in [0.25, 0.3) is 6.08 Å². The molecule has 4 heteroatoms. The molecule has 0 aliphatic rings. The maximum Gasteiger partial charge on any atom is 0.330 e. The predicted molar refractivity (Wildman–Crippen MR) is 58.4 cm³/mol. The zero-order valence-electron chi connectivity index (χ0n) is 8.24. The quantitative estimate of drug-likeness (QED) is 0.634. The van der Waals surface area contributed by atoms with Gasteiger partial charge < -0.3 is 9.84 Å². The van der Waals surface area contributed by atoms with E-state index in [1.54, 1.807) is 24.3 Å². The van der Waals surface area contributed by atoms with Crippen molar-refractivity contribution in [2.75, 3.05) is 7.11 Å². The third-order valence-electron chi connectivity index (χ3n) is 1.85. The summed E-state index contributed by atoms with van der Waals surface area (Å²) in [5.74, 6) is -0.421. The second-order valence-electron chi connectivity index (χ2n) is 2.87. The van der Waals surface area contributed by atoms with Crippen LogP contribution < -0.4 is 0 Å². The van der Waals surface area contributed by atoms with Crippen LogP contribution in [0.2, 0.25) is 5.02 Å². The van der Waals surface area contributed by atoms with Gasteiger partial charge in [-0.1, -0.05) is 17.7 Å². The molecule has 1 aromatic carbocycles. The average molecular weight is 227 g/mol. The summed E-state index contributed by atoms with van der Waals surface area (Å²) >= 11 is 5.81. The van der Waals surface area contributed by atoms with Gasteiger partial charge in [-0.3, -0.25) is 0 Å². The number of rotatable bonds is 3. The summed E-state index contributed by atoms with van der Waals surface area (Å²) in [7, 11) is 1.31. The van der Waals surface area contributed by atoms with Crippen molar-refractivity contribution in [1.29, 1.82) is 0 Å². The number of hydrogen-bond acceptors (Lipinski definition) is 3. The van der Waals surface area contributed by atoms with Crippen LogP contribution in [0.4, 0.5) is 0 Å². The molecule has 80 valence electrons. The lowest BCUT2D eigenvalue weighted by atomic mass is 10.1. The minimum atomic E-state index is -0.421. The molecule has 0 radical (unpaired) electrons. The van der Waals surface area contributed by atoms with E-state index in [1.807, 2.05) is 0 Å². The number of carbonyl (C=O) groups excluding carboxylic acids is 1. The molecule has 1 rings (SSSR count). The molecular formula is C11H11ClO3. The Labute approximate surface area is 92.9 Å². The number of halogens is 1. The summed E-state index contributed by atoms with van der Waals surface area (Å²) in [4.78, 5) is 10.8. The summed E-state index contributed by atoms with van der Waals surface area (Å²) in [6, 6.07) is 5.13. The zero-order chi connectivity index (χ0) is 11.3. The van der Waals surface area contributed by atoms with E-state index in [9.17, 15) is 4.79 Å². The van der Waals surface area contributed by atoms with Crippen LogP contribution in [0.3, 0.4) is 0 Å². The Hall–Kier alpha value is -1.32. The molecule has 0 unspecified atom stereocenters. The van der Waals surface area contributed by atoms with Crippen LogP contribution in [-0.4, -0.2) is 18.2 Å². The standard InChI is InChI=1S/C11H11ClO3/c1-15-11(14)5-3-8-2-4-10(12)9(6-8)7-13/h2-6,13H,7H2,1H3. The van der Waals surface area contributed by atoms with E-state index < -0.39 is 5.97 Å². The van der Waals surface area contributed by atoms with Gasteiger partial charge in [-0.2, -0.15) is 0 Å². The third-order valence-corrected chi connectivity index (χ3v) is 2.22. The molecule has 15 heavy (non-hydrogen) atoms. The van der Waals surface area contributed by atoms with Crippen LogP contribution in [-0.2, 0) is 16.1 Å². The van der Waals surface area contributed by atoms with Gasteiger partial charge >= 0.3 is 5.97 Å². The monoisotopic (exact) mass is 226 g/mol. The van der Waals surface area contributed by atoms with Crippen molar-refractivity contribution >= 4 is 23.6 Å². The molecule has 0 saturated heterocycles. The van der Waals surface area contributed by atoms with Gasteiger partial charge in [0.05, 0.1) is 13.7 Å². The molecule has 0 amide bonds. The lowest BCUT2D eigenvalue weighted by Crippen LogP contribution is -1.93. The Bertz CT molecular complexity index is 385. The fraction of sp³-hybridized carbons (Fsp3) is 0.182. The first-order valence-corrected chi connectivity index (χ1v) is 4.70. The fourth-order valence-corrected chi connectivity index (χ4v) is 1.23. The van der Waals surface area contributed by atoms with Gasteiger partial charge in [-0.25, -0.2) is 4.79 Å². The first-order chi connectivity index (χ1) is 7.17. The molecule has 1 aromatic rings. The molecule has 0 atom stereocenters. The summed E-state index contributed by atoms with van der Waals surface area (Å²) in [5.41, 5.74) is 1.41. The van der Waals surface area contributed by atoms with E-state index in [1.165, 1.54) is 13.2 Å². The van der Waals surface area contributed by atoms with Crippen LogP contribution in [0.5, 0.6) is 0 Å². The predicted octanol–water partition coefficient (Wildman–Crippen LogP) is 2.02. The van der Waals surface area contributed by atoms with Crippen molar-refractivity contribution in [1.82, 2.24) is 0 Å². The molecule has 0 aliphatic heterocycles. The van der Waals surface area contributed by atoms with Gasteiger partial charge in [0.15, 0.2) is 0 Å². The van der Waals surface area contributed by atoms with E-state index in [2.05, 4.69) is 4.74 Å². The van der Waals surface area contributed by atoms with Gasteiger partial charge in [0.25, 0.3) is 0 Å². The highest BCUT2D eigenvalue weighted by Crippen LogP contribution is 2.18. The van der Waals surface area contributed by atoms with Crippen molar-refractivity contribution < 1.29 is 14.6 Å². The largest absolute Gasteiger partial charge is 0.466 e. The number of esters is 1. The SMILES string of the molecule is COC(=O)C=Cc1ccc(Cl)c(CO)c1. The molecule has 0 aliphatic carbocycles. The minimum absolute atomic E-state index is 0.126. The van der Waals surface area contributed by atoms with Crippen LogP contribution >= 0.6 is 11.6 Å². The third kappa shape index (κ3) is 3.38. The van der Waals surface area contributed by atoms with Gasteiger partial charge in [-0.05, 0) is 29.3 Å². The highest BCUT2D eigenvalue weighted by Gasteiger charge is 1.99. The summed E-state index contributed by atoms with van der Waals surface area (Å²) in [6.07, 6.45) is 2.91. The normalized spacial score (nSPS) is 10.6. The maximum atomic E-state index is 10.8. The van der Waals surface area contributed by atoms with Crippen LogP contribution in [0.1, 0.15) is 11.1 Å². The van der Waals surface area contributed by atoms with E-state index in [-0.39, 0.29) is 6.61 Å². The van der Waals surface area contributed by atoms with Gasteiger partial charge in [0.1, 0.15) is 0 Å². The Morgan fingerprint density at radius 3 is 2.93 bits per heavy atom. The van der Waals surface area contributed by atoms with E-state index in [0.717, 1.165) is 5.56 Å². The summed E-state index contributed by atoms with van der Waals surface area (Å²) in [5, 5.41) is 9.47. The number of carbonyl (C=O) groups is 1. The molecule has 3 nitrogen and oxygen atoms in total. The maximum absolute atomic E-state index is 10.8. The summed E-state index contributed by atoms with van der Waals surface area (Å²) < 4.78 is 4.45. The smallest absolute Gasteiger partial charge is 0.330 e. The number of benzene rings is 1. The van der Waals surface area contributed by atoms with Gasteiger partial charge in [0, 0.05) is 11.1 Å². The average Bonchev–Trinajstić information content (AvgIpc) is 2.27. The first-order valence-electron chi connectivity index (χ1n) is 4.32. The molecule has 0 bridgehead atoms. The Morgan fingerprint density at radius 1 is 1.60 bits per heavy atom. The molecule has 0 fully saturated rings. The highest BCUT2D eigenvalue weighted by atomic mass is 35.5. The Balaban J connectivity index is 2.87. The zero-order valence-corrected chi connectivity index (χ0v) is 8.99. The van der Waals surface area contributed by atoms with Gasteiger partial charge in [-0.15, -0.1) is 0 Å². The molecular weight excluding hydrogens is 216 g/mol. The number of ether oxygens (including phenoxy) is 1. The Morgan fingerprint density at radius 2 is 2.33 bits per heavy atom. The van der Waals surface area contributed by atoms with Crippen LogP contribution in [0, 0.1) is 0 Å². The molecule has 0 aromatic heterocycles. The van der Waals surface area contributed by atoms with Crippen molar-refractivity contribution in [3.63, 3.8) is 0 Å². The number of aliphatic hydroxyl groups excluding tert-OH is 1. The van der Waals surface area contributed by atoms with Crippen LogP contribution in [0.15, 0.2) is 24.3 Å². The summed E-state index contributed by atoms with van der Waals surface area (Å²) in [6.45, 7) is -0.126. The van der Waals surface area contributed by atoms with E-state index >= 15 is 0 Å². The second kappa shape index (κ2) is 5.53. The number of methoxy groups -OCH3 is 1. The van der Waals surface area contributed by atoms with Crippen molar-refractivity contribution in [2.45, 2.75) is 6.61 Å². The molecule has 1 N–H and O–H groups in total. The number of aliphatic hydroxyl groups is 1. The van der Waals surface area contributed by atoms with E-state index in [0.29, 0.717) is 10.6 Å². The second-order valence-corrected chi connectivity index (χ2v) is 3.27. The highest BCUT2D eigenvalue weighted by molar-refractivity contribution is 6.31. The fourth-order valence-electron chi connectivity index (χ4n) is 1.05. The van der Waals surface area contributed by atoms with Crippen molar-refractivity contribution in [2.24, 2.45) is 0 Å².